The molecule has 0 unspecified atom stereocenters. The van der Waals surface area contributed by atoms with Gasteiger partial charge in [-0.05, 0) is 35.9 Å². The van der Waals surface area contributed by atoms with Crippen LogP contribution in [0.5, 0.6) is 0 Å². The lowest BCUT2D eigenvalue weighted by molar-refractivity contribution is 0.0926. The monoisotopic (exact) mass is 385 g/mol. The highest BCUT2D eigenvalue weighted by molar-refractivity contribution is 7.98. The summed E-state index contributed by atoms with van der Waals surface area (Å²) in [6.07, 6.45) is 0. The van der Waals surface area contributed by atoms with Crippen molar-refractivity contribution in [2.75, 3.05) is 4.90 Å². The van der Waals surface area contributed by atoms with E-state index in [2.05, 4.69) is 9.97 Å². The molecular formula is C22H15N3O2S. The number of hydrogen-bond donors (Lipinski definition) is 1. The van der Waals surface area contributed by atoms with E-state index in [1.165, 1.54) is 4.90 Å². The zero-order valence-electron chi connectivity index (χ0n) is 14.8. The van der Waals surface area contributed by atoms with Gasteiger partial charge in [0.15, 0.2) is 5.16 Å². The Bertz CT molecular complexity index is 1160. The van der Waals surface area contributed by atoms with Gasteiger partial charge < -0.3 is 4.98 Å². The highest BCUT2D eigenvalue weighted by Gasteiger charge is 2.37. The van der Waals surface area contributed by atoms with Crippen LogP contribution in [0.3, 0.4) is 0 Å². The highest BCUT2D eigenvalue weighted by Crippen LogP contribution is 2.33. The Morgan fingerprint density at radius 3 is 2.21 bits per heavy atom. The largest absolute Gasteiger partial charge is 0.333 e. The van der Waals surface area contributed by atoms with E-state index >= 15 is 0 Å². The Kier molecular flexibility index (Phi) is 3.98. The minimum absolute atomic E-state index is 0.276. The minimum Gasteiger partial charge on any atom is -0.333 e. The first-order valence-corrected chi connectivity index (χ1v) is 9.84. The van der Waals surface area contributed by atoms with Gasteiger partial charge in [-0.25, -0.2) is 9.88 Å². The molecule has 136 valence electrons. The van der Waals surface area contributed by atoms with Crippen molar-refractivity contribution in [3.05, 3.63) is 89.5 Å². The molecule has 1 aromatic heterocycles. The zero-order chi connectivity index (χ0) is 19.1. The average molecular weight is 385 g/mol. The number of H-pyrrole nitrogens is 1. The van der Waals surface area contributed by atoms with Gasteiger partial charge in [-0.15, -0.1) is 0 Å². The molecule has 4 aromatic rings. The van der Waals surface area contributed by atoms with Crippen molar-refractivity contribution < 1.29 is 9.59 Å². The second-order valence-electron chi connectivity index (χ2n) is 6.47. The summed E-state index contributed by atoms with van der Waals surface area (Å²) in [4.78, 5) is 34.8. The smallest absolute Gasteiger partial charge is 0.266 e. The van der Waals surface area contributed by atoms with E-state index in [4.69, 9.17) is 0 Å². The number of nitrogens with one attached hydrogen (secondary N) is 1. The normalized spacial score (nSPS) is 13.4. The van der Waals surface area contributed by atoms with Crippen LogP contribution in [0.4, 0.5) is 5.69 Å². The van der Waals surface area contributed by atoms with Crippen LogP contribution in [-0.2, 0) is 5.75 Å². The number of carbonyl (C=O) groups excluding carboxylic acids is 2. The Morgan fingerprint density at radius 2 is 1.46 bits per heavy atom. The SMILES string of the molecule is O=C1c2ccccc2C(=O)N1c1ccccc1CSc1nc2ccccc2[nH]1. The van der Waals surface area contributed by atoms with Crippen molar-refractivity contribution in [2.24, 2.45) is 0 Å². The number of benzene rings is 3. The number of imidazole rings is 1. The molecule has 0 radical (unpaired) electrons. The van der Waals surface area contributed by atoms with Crippen LogP contribution in [0.1, 0.15) is 26.3 Å². The molecule has 5 rings (SSSR count). The van der Waals surface area contributed by atoms with Gasteiger partial charge in [0.2, 0.25) is 0 Å². The Labute approximate surface area is 165 Å². The van der Waals surface area contributed by atoms with Gasteiger partial charge in [0.05, 0.1) is 27.8 Å². The summed E-state index contributed by atoms with van der Waals surface area (Å²) in [7, 11) is 0. The number of fused-ring (bicyclic) bond motifs is 2. The number of aromatic nitrogens is 2. The fourth-order valence-corrected chi connectivity index (χ4v) is 4.28. The number of thioether (sulfide) groups is 1. The van der Waals surface area contributed by atoms with Crippen molar-refractivity contribution in [2.45, 2.75) is 10.9 Å². The summed E-state index contributed by atoms with van der Waals surface area (Å²) < 4.78 is 0. The lowest BCUT2D eigenvalue weighted by atomic mass is 10.1. The van der Waals surface area contributed by atoms with Gasteiger partial charge in [0.1, 0.15) is 0 Å². The lowest BCUT2D eigenvalue weighted by Crippen LogP contribution is -2.30. The average Bonchev–Trinajstić information content (AvgIpc) is 3.26. The first-order valence-electron chi connectivity index (χ1n) is 8.85. The molecule has 2 heterocycles. The Hall–Kier alpha value is -3.38. The maximum absolute atomic E-state index is 12.8. The van der Waals surface area contributed by atoms with E-state index in [1.54, 1.807) is 36.0 Å². The quantitative estimate of drug-likeness (QED) is 0.410. The third kappa shape index (κ3) is 2.70. The first kappa shape index (κ1) is 16.8. The topological polar surface area (TPSA) is 66.1 Å². The molecule has 1 N–H and O–H groups in total. The number of aromatic amines is 1. The molecule has 3 aromatic carbocycles. The van der Waals surface area contributed by atoms with Gasteiger partial charge in [-0.1, -0.05) is 54.2 Å². The van der Waals surface area contributed by atoms with Crippen molar-refractivity contribution in [1.29, 1.82) is 0 Å². The molecule has 1 aliphatic heterocycles. The summed E-state index contributed by atoms with van der Waals surface area (Å²) in [6.45, 7) is 0. The highest BCUT2D eigenvalue weighted by atomic mass is 32.2. The predicted octanol–water partition coefficient (Wildman–Crippen LogP) is 4.66. The van der Waals surface area contributed by atoms with Crippen LogP contribution in [0.15, 0.2) is 78.0 Å². The number of anilines is 1. The molecule has 0 aliphatic carbocycles. The van der Waals surface area contributed by atoms with E-state index < -0.39 is 0 Å². The summed E-state index contributed by atoms with van der Waals surface area (Å²) >= 11 is 1.54. The molecule has 0 atom stereocenters. The van der Waals surface area contributed by atoms with E-state index in [0.29, 0.717) is 22.6 Å². The third-order valence-corrected chi connectivity index (χ3v) is 5.68. The number of rotatable bonds is 4. The van der Waals surface area contributed by atoms with Crippen molar-refractivity contribution in [1.82, 2.24) is 9.97 Å². The zero-order valence-corrected chi connectivity index (χ0v) is 15.6. The molecule has 5 nitrogen and oxygen atoms in total. The standard InChI is InChI=1S/C22H15N3O2S/c26-20-15-8-2-3-9-16(15)21(27)25(20)19-12-6-1-7-14(19)13-28-22-23-17-10-4-5-11-18(17)24-22/h1-12H,13H2,(H,23,24). The second kappa shape index (κ2) is 6.65. The molecule has 0 bridgehead atoms. The Morgan fingerprint density at radius 1 is 0.821 bits per heavy atom. The number of nitrogens with zero attached hydrogens (tertiary/aromatic N) is 2. The molecule has 28 heavy (non-hydrogen) atoms. The van der Waals surface area contributed by atoms with E-state index in [1.807, 2.05) is 48.5 Å². The lowest BCUT2D eigenvalue weighted by Gasteiger charge is -2.17. The fraction of sp³-hybridized carbons (Fsp3) is 0.0455. The van der Waals surface area contributed by atoms with Crippen LogP contribution in [0.2, 0.25) is 0 Å². The molecule has 0 saturated carbocycles. The molecule has 6 heteroatoms. The molecule has 0 saturated heterocycles. The molecule has 1 aliphatic rings. The van der Waals surface area contributed by atoms with Crippen LogP contribution < -0.4 is 4.90 Å². The molecule has 0 spiro atoms. The van der Waals surface area contributed by atoms with Crippen LogP contribution in [-0.4, -0.2) is 21.8 Å². The van der Waals surface area contributed by atoms with Crippen molar-refractivity contribution >= 4 is 40.3 Å². The van der Waals surface area contributed by atoms with Gasteiger partial charge in [-0.3, -0.25) is 9.59 Å². The van der Waals surface area contributed by atoms with Crippen molar-refractivity contribution in [3.8, 4) is 0 Å². The number of carbonyl (C=O) groups is 2. The number of amides is 2. The van der Waals surface area contributed by atoms with Gasteiger partial charge in [0, 0.05) is 5.75 Å². The predicted molar refractivity (Wildman–Crippen MR) is 110 cm³/mol. The maximum atomic E-state index is 12.8. The summed E-state index contributed by atoms with van der Waals surface area (Å²) in [5.74, 6) is 0.0345. The summed E-state index contributed by atoms with van der Waals surface area (Å²) in [6, 6.07) is 22.3. The summed E-state index contributed by atoms with van der Waals surface area (Å²) in [5, 5.41) is 0.804. The third-order valence-electron chi connectivity index (χ3n) is 4.76. The van der Waals surface area contributed by atoms with Crippen LogP contribution in [0, 0.1) is 0 Å². The maximum Gasteiger partial charge on any atom is 0.266 e. The van der Waals surface area contributed by atoms with Gasteiger partial charge in [0.25, 0.3) is 11.8 Å². The first-order chi connectivity index (χ1) is 13.7. The number of imide groups is 1. The van der Waals surface area contributed by atoms with E-state index in [-0.39, 0.29) is 11.8 Å². The molecular weight excluding hydrogens is 370 g/mol. The van der Waals surface area contributed by atoms with Gasteiger partial charge in [-0.2, -0.15) is 0 Å². The minimum atomic E-state index is -0.276. The number of hydrogen-bond acceptors (Lipinski definition) is 4. The second-order valence-corrected chi connectivity index (χ2v) is 7.43. The molecule has 0 fully saturated rings. The number of para-hydroxylation sites is 3. The van der Waals surface area contributed by atoms with Crippen molar-refractivity contribution in [3.63, 3.8) is 0 Å². The molecule has 2 amide bonds. The Balaban J connectivity index is 1.45. The van der Waals surface area contributed by atoms with Crippen LogP contribution in [0.25, 0.3) is 11.0 Å². The van der Waals surface area contributed by atoms with Gasteiger partial charge >= 0.3 is 0 Å². The fourth-order valence-electron chi connectivity index (χ4n) is 3.40. The van der Waals surface area contributed by atoms with E-state index in [9.17, 15) is 9.59 Å². The summed E-state index contributed by atoms with van der Waals surface area (Å²) in [5.41, 5.74) is 4.33. The van der Waals surface area contributed by atoms with Crippen LogP contribution >= 0.6 is 11.8 Å². The van der Waals surface area contributed by atoms with E-state index in [0.717, 1.165) is 21.8 Å².